The van der Waals surface area contributed by atoms with Gasteiger partial charge in [-0.05, 0) is 44.9 Å². The summed E-state index contributed by atoms with van der Waals surface area (Å²) in [5.41, 5.74) is 1.34. The first-order valence-electron chi connectivity index (χ1n) is 9.88. The van der Waals surface area contributed by atoms with Crippen LogP contribution < -0.4 is 0 Å². The highest BCUT2D eigenvalue weighted by molar-refractivity contribution is 7.80. The summed E-state index contributed by atoms with van der Waals surface area (Å²) < 4.78 is 0. The van der Waals surface area contributed by atoms with E-state index in [2.05, 4.69) is 27.4 Å². The van der Waals surface area contributed by atoms with E-state index in [1.54, 1.807) is 0 Å². The minimum absolute atomic E-state index is 0.636. The van der Waals surface area contributed by atoms with Crippen LogP contribution in [0.15, 0.2) is 12.2 Å². The molecule has 1 heteroatoms. The monoisotopic (exact) mass is 326 g/mol. The van der Waals surface area contributed by atoms with Gasteiger partial charge in [-0.3, -0.25) is 0 Å². The summed E-state index contributed by atoms with van der Waals surface area (Å²) in [4.78, 5) is 0. The number of hydrogen-bond donors (Lipinski definition) is 1. The third-order valence-electron chi connectivity index (χ3n) is 4.68. The summed E-state index contributed by atoms with van der Waals surface area (Å²) in [6.45, 7) is 10.8. The van der Waals surface area contributed by atoms with Crippen molar-refractivity contribution in [2.45, 2.75) is 116 Å². The molecule has 0 nitrogen and oxygen atoms in total. The van der Waals surface area contributed by atoms with Crippen LogP contribution in [0.3, 0.4) is 0 Å². The molecule has 0 N–H and O–H groups in total. The summed E-state index contributed by atoms with van der Waals surface area (Å²) in [5.74, 6) is 0.898. The zero-order chi connectivity index (χ0) is 16.6. The second-order valence-electron chi connectivity index (χ2n) is 7.45. The van der Waals surface area contributed by atoms with Crippen LogP contribution in [0.25, 0.3) is 0 Å². The second kappa shape index (κ2) is 16.0. The first-order chi connectivity index (χ1) is 10.6. The number of rotatable bonds is 16. The largest absolute Gasteiger partial charge is 0.176 e. The maximum atomic E-state index is 4.79. The lowest BCUT2D eigenvalue weighted by Crippen LogP contribution is -2.03. The Kier molecular flexibility index (Phi) is 16.0. The lowest BCUT2D eigenvalue weighted by Gasteiger charge is -2.15. The Morgan fingerprint density at radius 3 is 2.05 bits per heavy atom. The van der Waals surface area contributed by atoms with Crippen molar-refractivity contribution < 1.29 is 0 Å². The predicted octanol–water partition coefficient (Wildman–Crippen LogP) is 7.98. The van der Waals surface area contributed by atoms with Gasteiger partial charge in [0.2, 0.25) is 0 Å². The van der Waals surface area contributed by atoms with Crippen LogP contribution >= 0.6 is 12.6 Å². The highest BCUT2D eigenvalue weighted by Crippen LogP contribution is 2.21. The molecule has 0 saturated carbocycles. The predicted molar refractivity (Wildman–Crippen MR) is 107 cm³/mol. The standard InChI is InChI=1S/C21H42S/c1-5-6-11-15-20(4)17-18-21(22)16-13-10-8-7-9-12-14-19(2)3/h20-22H,2,5-18H2,1,3-4H3. The molecule has 0 aliphatic carbocycles. The Hall–Kier alpha value is 0.0900. The zero-order valence-corrected chi connectivity index (χ0v) is 16.6. The SMILES string of the molecule is C=C(C)CCCCCCCCC(S)CCC(C)CCCCC. The van der Waals surface area contributed by atoms with Gasteiger partial charge in [-0.25, -0.2) is 0 Å². The molecular formula is C21H42S. The fraction of sp³-hybridized carbons (Fsp3) is 0.905. The van der Waals surface area contributed by atoms with Gasteiger partial charge in [-0.2, -0.15) is 12.6 Å². The minimum Gasteiger partial charge on any atom is -0.176 e. The van der Waals surface area contributed by atoms with Gasteiger partial charge in [0.1, 0.15) is 0 Å². The van der Waals surface area contributed by atoms with E-state index in [0.717, 1.165) is 5.92 Å². The Morgan fingerprint density at radius 2 is 1.41 bits per heavy atom. The van der Waals surface area contributed by atoms with Crippen molar-refractivity contribution in [3.63, 3.8) is 0 Å². The summed E-state index contributed by atoms with van der Waals surface area (Å²) in [6, 6.07) is 0. The molecule has 0 bridgehead atoms. The summed E-state index contributed by atoms with van der Waals surface area (Å²) in [5, 5.41) is 0.636. The van der Waals surface area contributed by atoms with E-state index in [4.69, 9.17) is 12.6 Å². The summed E-state index contributed by atoms with van der Waals surface area (Å²) >= 11 is 4.79. The molecule has 0 rings (SSSR count). The molecule has 2 unspecified atom stereocenters. The van der Waals surface area contributed by atoms with Gasteiger partial charge >= 0.3 is 0 Å². The molecule has 0 fully saturated rings. The van der Waals surface area contributed by atoms with Gasteiger partial charge in [-0.15, -0.1) is 6.58 Å². The van der Waals surface area contributed by atoms with Gasteiger partial charge in [-0.1, -0.05) is 77.2 Å². The molecule has 0 radical (unpaired) electrons. The number of hydrogen-bond acceptors (Lipinski definition) is 1. The lowest BCUT2D eigenvalue weighted by molar-refractivity contribution is 0.440. The lowest BCUT2D eigenvalue weighted by atomic mass is 9.96. The van der Waals surface area contributed by atoms with Crippen LogP contribution in [0.4, 0.5) is 0 Å². The van der Waals surface area contributed by atoms with Crippen molar-refractivity contribution in [2.75, 3.05) is 0 Å². The number of unbranched alkanes of at least 4 members (excludes halogenated alkanes) is 7. The third kappa shape index (κ3) is 16.5. The van der Waals surface area contributed by atoms with Crippen LogP contribution in [-0.2, 0) is 0 Å². The first-order valence-corrected chi connectivity index (χ1v) is 10.4. The van der Waals surface area contributed by atoms with E-state index in [1.165, 1.54) is 95.5 Å². The van der Waals surface area contributed by atoms with E-state index < -0.39 is 0 Å². The molecular weight excluding hydrogens is 284 g/mol. The second-order valence-corrected chi connectivity index (χ2v) is 8.18. The maximum absolute atomic E-state index is 4.79. The average Bonchev–Trinajstić information content (AvgIpc) is 2.47. The molecule has 0 aromatic rings. The molecule has 132 valence electrons. The fourth-order valence-electron chi connectivity index (χ4n) is 3.02. The van der Waals surface area contributed by atoms with Gasteiger partial charge in [0.15, 0.2) is 0 Å². The van der Waals surface area contributed by atoms with Crippen LogP contribution in [0, 0.1) is 5.92 Å². The Bertz CT molecular complexity index is 246. The van der Waals surface area contributed by atoms with E-state index in [1.807, 2.05) is 0 Å². The van der Waals surface area contributed by atoms with Crippen LogP contribution in [0.5, 0.6) is 0 Å². The number of thiol groups is 1. The summed E-state index contributed by atoms with van der Waals surface area (Å²) in [7, 11) is 0. The first kappa shape index (κ1) is 22.1. The van der Waals surface area contributed by atoms with Crippen LogP contribution in [0.1, 0.15) is 111 Å². The van der Waals surface area contributed by atoms with Crippen LogP contribution in [-0.4, -0.2) is 5.25 Å². The molecule has 0 aliphatic heterocycles. The molecule has 0 heterocycles. The van der Waals surface area contributed by atoms with Gasteiger partial charge in [0, 0.05) is 5.25 Å². The summed E-state index contributed by atoms with van der Waals surface area (Å²) in [6.07, 6.45) is 19.1. The minimum atomic E-state index is 0.636. The fourth-order valence-corrected chi connectivity index (χ4v) is 3.35. The van der Waals surface area contributed by atoms with E-state index in [-0.39, 0.29) is 0 Å². The molecule has 0 aliphatic rings. The maximum Gasteiger partial charge on any atom is 0.00169 e. The Labute approximate surface area is 147 Å². The molecule has 0 saturated heterocycles. The van der Waals surface area contributed by atoms with Gasteiger partial charge in [0.25, 0.3) is 0 Å². The molecule has 0 aromatic carbocycles. The van der Waals surface area contributed by atoms with Crippen molar-refractivity contribution in [3.8, 4) is 0 Å². The molecule has 2 atom stereocenters. The molecule has 0 aromatic heterocycles. The molecule has 0 spiro atoms. The normalized spacial score (nSPS) is 14.0. The number of allylic oxidation sites excluding steroid dienone is 1. The van der Waals surface area contributed by atoms with Crippen LogP contribution in [0.2, 0.25) is 0 Å². The van der Waals surface area contributed by atoms with E-state index in [9.17, 15) is 0 Å². The topological polar surface area (TPSA) is 0 Å². The van der Waals surface area contributed by atoms with Gasteiger partial charge < -0.3 is 0 Å². The van der Waals surface area contributed by atoms with Gasteiger partial charge in [0.05, 0.1) is 0 Å². The highest BCUT2D eigenvalue weighted by Gasteiger charge is 2.07. The van der Waals surface area contributed by atoms with Crippen molar-refractivity contribution in [3.05, 3.63) is 12.2 Å². The smallest absolute Gasteiger partial charge is 0.00169 e. The zero-order valence-electron chi connectivity index (χ0n) is 15.7. The highest BCUT2D eigenvalue weighted by atomic mass is 32.1. The molecule has 22 heavy (non-hydrogen) atoms. The van der Waals surface area contributed by atoms with Crippen molar-refractivity contribution in [2.24, 2.45) is 5.92 Å². The van der Waals surface area contributed by atoms with Crippen molar-refractivity contribution in [1.29, 1.82) is 0 Å². The third-order valence-corrected chi connectivity index (χ3v) is 5.20. The Balaban J connectivity index is 3.31. The van der Waals surface area contributed by atoms with E-state index in [0.29, 0.717) is 5.25 Å². The van der Waals surface area contributed by atoms with Crippen molar-refractivity contribution >= 4 is 12.6 Å². The Morgan fingerprint density at radius 1 is 0.818 bits per heavy atom. The average molecular weight is 327 g/mol. The van der Waals surface area contributed by atoms with Crippen molar-refractivity contribution in [1.82, 2.24) is 0 Å². The molecule has 0 amide bonds. The quantitative estimate of drug-likeness (QED) is 0.166. The van der Waals surface area contributed by atoms with E-state index >= 15 is 0 Å².